The number of hydrazone groups is 1. The number of sulfonamides is 1. The van der Waals surface area contributed by atoms with Gasteiger partial charge in [-0.1, -0.05) is 43.7 Å². The number of amides is 1. The summed E-state index contributed by atoms with van der Waals surface area (Å²) >= 11 is 0. The third kappa shape index (κ3) is 5.61. The zero-order valence-corrected chi connectivity index (χ0v) is 18.5. The molecule has 1 heterocycles. The number of nitrogens with zero attached hydrogens (tertiary/aromatic N) is 2. The Bertz CT molecular complexity index is 1130. The second-order valence-electron chi connectivity index (χ2n) is 7.38. The van der Waals surface area contributed by atoms with E-state index in [2.05, 4.69) is 24.4 Å². The molecule has 3 rings (SSSR count). The maximum absolute atomic E-state index is 13.4. The Balaban J connectivity index is 1.88. The van der Waals surface area contributed by atoms with Crippen LogP contribution in [0.3, 0.4) is 0 Å². The third-order valence-electron chi connectivity index (χ3n) is 4.67. The summed E-state index contributed by atoms with van der Waals surface area (Å²) in [5.74, 6) is 0.190. The van der Waals surface area contributed by atoms with Crippen LogP contribution in [0, 0.1) is 6.92 Å². The average molecular weight is 440 g/mol. The first-order valence-electron chi connectivity index (χ1n) is 9.82. The summed E-state index contributed by atoms with van der Waals surface area (Å²) in [6.45, 7) is 5.57. The van der Waals surface area contributed by atoms with E-state index in [4.69, 9.17) is 4.42 Å². The number of benzene rings is 2. The summed E-state index contributed by atoms with van der Waals surface area (Å²) in [4.78, 5) is 12.6. The quantitative estimate of drug-likeness (QED) is 0.423. The van der Waals surface area contributed by atoms with Crippen molar-refractivity contribution in [3.8, 4) is 0 Å². The second-order valence-corrected chi connectivity index (χ2v) is 9.24. The normalized spacial score (nSPS) is 11.7. The van der Waals surface area contributed by atoms with Gasteiger partial charge >= 0.3 is 0 Å². The lowest BCUT2D eigenvalue weighted by Gasteiger charge is -2.24. The molecule has 0 unspecified atom stereocenters. The van der Waals surface area contributed by atoms with Gasteiger partial charge in [-0.05, 0) is 54.8 Å². The summed E-state index contributed by atoms with van der Waals surface area (Å²) in [5.41, 5.74) is 4.76. The van der Waals surface area contributed by atoms with Crippen LogP contribution in [0.15, 0.2) is 81.3 Å². The van der Waals surface area contributed by atoms with E-state index < -0.39 is 22.5 Å². The van der Waals surface area contributed by atoms with Crippen molar-refractivity contribution < 1.29 is 17.6 Å². The van der Waals surface area contributed by atoms with E-state index in [9.17, 15) is 13.2 Å². The molecule has 0 aliphatic carbocycles. The van der Waals surface area contributed by atoms with Crippen molar-refractivity contribution in [3.05, 3.63) is 83.8 Å². The zero-order chi connectivity index (χ0) is 22.4. The van der Waals surface area contributed by atoms with Gasteiger partial charge in [-0.2, -0.15) is 5.10 Å². The van der Waals surface area contributed by atoms with Crippen LogP contribution in [0.5, 0.6) is 0 Å². The second kappa shape index (κ2) is 9.61. The van der Waals surface area contributed by atoms with Gasteiger partial charge in [-0.3, -0.25) is 9.10 Å². The Morgan fingerprint density at radius 2 is 1.77 bits per heavy atom. The fourth-order valence-electron chi connectivity index (χ4n) is 2.88. The first-order valence-corrected chi connectivity index (χ1v) is 11.3. The van der Waals surface area contributed by atoms with Crippen molar-refractivity contribution in [2.45, 2.75) is 31.6 Å². The summed E-state index contributed by atoms with van der Waals surface area (Å²) in [6, 6.07) is 17.0. The van der Waals surface area contributed by atoms with Crippen molar-refractivity contribution in [1.82, 2.24) is 5.43 Å². The lowest BCUT2D eigenvalue weighted by atomic mass is 10.0. The van der Waals surface area contributed by atoms with Gasteiger partial charge in [0.15, 0.2) is 0 Å². The van der Waals surface area contributed by atoms with E-state index >= 15 is 0 Å². The fourth-order valence-corrected chi connectivity index (χ4v) is 4.30. The molecule has 7 nitrogen and oxygen atoms in total. The molecule has 1 amide bonds. The molecule has 0 bridgehead atoms. The Labute approximate surface area is 182 Å². The molecule has 0 saturated heterocycles. The molecule has 1 N–H and O–H groups in total. The van der Waals surface area contributed by atoms with E-state index in [-0.39, 0.29) is 4.90 Å². The molecule has 0 aliphatic heterocycles. The highest BCUT2D eigenvalue weighted by molar-refractivity contribution is 7.92. The first-order chi connectivity index (χ1) is 14.8. The Hall–Kier alpha value is -3.39. The van der Waals surface area contributed by atoms with Gasteiger partial charge in [0, 0.05) is 0 Å². The standard InChI is InChI=1S/C23H25N3O4S/c1-17(2)19-8-10-20(11-9-19)26(31(28,29)22-12-6-18(3)7-13-22)16-23(27)25-24-15-21-5-4-14-30-21/h4-15,17H,16H2,1-3H3,(H,25,27)/b24-15-. The number of anilines is 1. The molecule has 1 aromatic heterocycles. The number of nitrogens with one attached hydrogen (secondary N) is 1. The highest BCUT2D eigenvalue weighted by Gasteiger charge is 2.27. The number of furan rings is 1. The Kier molecular flexibility index (Phi) is 6.91. The molecular formula is C23H25N3O4S. The summed E-state index contributed by atoms with van der Waals surface area (Å²) in [6.07, 6.45) is 2.83. The monoisotopic (exact) mass is 439 g/mol. The molecule has 3 aromatic rings. The molecule has 0 atom stereocenters. The highest BCUT2D eigenvalue weighted by atomic mass is 32.2. The van der Waals surface area contributed by atoms with Crippen LogP contribution in [0.4, 0.5) is 5.69 Å². The fraction of sp³-hybridized carbons (Fsp3) is 0.217. The van der Waals surface area contributed by atoms with Crippen LogP contribution in [-0.4, -0.2) is 27.1 Å². The van der Waals surface area contributed by atoms with Gasteiger partial charge < -0.3 is 4.42 Å². The van der Waals surface area contributed by atoms with Gasteiger partial charge in [0.2, 0.25) is 0 Å². The van der Waals surface area contributed by atoms with Gasteiger partial charge in [0.05, 0.1) is 23.1 Å². The van der Waals surface area contributed by atoms with E-state index in [0.717, 1.165) is 15.4 Å². The lowest BCUT2D eigenvalue weighted by molar-refractivity contribution is -0.119. The number of aryl methyl sites for hydroxylation is 1. The highest BCUT2D eigenvalue weighted by Crippen LogP contribution is 2.26. The van der Waals surface area contributed by atoms with E-state index in [1.807, 2.05) is 19.1 Å². The summed E-state index contributed by atoms with van der Waals surface area (Å²) in [7, 11) is -3.97. The minimum atomic E-state index is -3.97. The number of hydrogen-bond acceptors (Lipinski definition) is 5. The molecular weight excluding hydrogens is 414 g/mol. The van der Waals surface area contributed by atoms with Crippen LogP contribution in [0.1, 0.15) is 36.7 Å². The molecule has 8 heteroatoms. The predicted octanol–water partition coefficient (Wildman–Crippen LogP) is 4.06. The van der Waals surface area contributed by atoms with Crippen molar-refractivity contribution in [2.24, 2.45) is 5.10 Å². The minimum Gasteiger partial charge on any atom is -0.463 e. The summed E-state index contributed by atoms with van der Waals surface area (Å²) in [5, 5.41) is 3.82. The Morgan fingerprint density at radius 1 is 1.10 bits per heavy atom. The van der Waals surface area contributed by atoms with Crippen LogP contribution >= 0.6 is 0 Å². The number of rotatable bonds is 8. The minimum absolute atomic E-state index is 0.109. The molecule has 0 spiro atoms. The molecule has 162 valence electrons. The van der Waals surface area contributed by atoms with Gasteiger partial charge in [0.1, 0.15) is 12.3 Å². The average Bonchev–Trinajstić information content (AvgIpc) is 3.26. The van der Waals surface area contributed by atoms with E-state index in [1.54, 1.807) is 36.4 Å². The first kappa shape index (κ1) is 22.3. The van der Waals surface area contributed by atoms with Crippen molar-refractivity contribution in [2.75, 3.05) is 10.8 Å². The number of hydrogen-bond donors (Lipinski definition) is 1. The van der Waals surface area contributed by atoms with E-state index in [0.29, 0.717) is 17.4 Å². The van der Waals surface area contributed by atoms with Gasteiger partial charge in [0.25, 0.3) is 15.9 Å². The Morgan fingerprint density at radius 3 is 2.35 bits per heavy atom. The van der Waals surface area contributed by atoms with Crippen molar-refractivity contribution >= 4 is 27.8 Å². The predicted molar refractivity (Wildman–Crippen MR) is 121 cm³/mol. The molecule has 0 radical (unpaired) electrons. The molecule has 31 heavy (non-hydrogen) atoms. The van der Waals surface area contributed by atoms with Gasteiger partial charge in [-0.25, -0.2) is 13.8 Å². The molecule has 0 aliphatic rings. The smallest absolute Gasteiger partial charge is 0.264 e. The largest absolute Gasteiger partial charge is 0.463 e. The number of carbonyl (C=O) groups excluding carboxylic acids is 1. The van der Waals surface area contributed by atoms with Crippen molar-refractivity contribution in [1.29, 1.82) is 0 Å². The van der Waals surface area contributed by atoms with Crippen LogP contribution in [0.25, 0.3) is 0 Å². The molecule has 0 fully saturated rings. The third-order valence-corrected chi connectivity index (χ3v) is 6.46. The van der Waals surface area contributed by atoms with Crippen LogP contribution in [-0.2, 0) is 14.8 Å². The number of carbonyl (C=O) groups is 1. The lowest BCUT2D eigenvalue weighted by Crippen LogP contribution is -2.39. The molecule has 0 saturated carbocycles. The van der Waals surface area contributed by atoms with Gasteiger partial charge in [-0.15, -0.1) is 0 Å². The molecule has 2 aromatic carbocycles. The zero-order valence-electron chi connectivity index (χ0n) is 17.6. The van der Waals surface area contributed by atoms with Crippen LogP contribution < -0.4 is 9.73 Å². The summed E-state index contributed by atoms with van der Waals surface area (Å²) < 4.78 is 32.9. The van der Waals surface area contributed by atoms with Crippen LogP contribution in [0.2, 0.25) is 0 Å². The maximum Gasteiger partial charge on any atom is 0.264 e. The maximum atomic E-state index is 13.4. The topological polar surface area (TPSA) is 92.0 Å². The SMILES string of the molecule is Cc1ccc(S(=O)(=O)N(CC(=O)N/N=C\c2ccco2)c2ccc(C(C)C)cc2)cc1. The van der Waals surface area contributed by atoms with Crippen molar-refractivity contribution in [3.63, 3.8) is 0 Å². The van der Waals surface area contributed by atoms with E-state index in [1.165, 1.54) is 24.6 Å².